The summed E-state index contributed by atoms with van der Waals surface area (Å²) in [5.74, 6) is 0.542. The lowest BCUT2D eigenvalue weighted by Crippen LogP contribution is -2.14. The third-order valence-corrected chi connectivity index (χ3v) is 5.12. The smallest absolute Gasteiger partial charge is 0.274 e. The van der Waals surface area contributed by atoms with E-state index in [1.165, 1.54) is 6.07 Å². The van der Waals surface area contributed by atoms with E-state index in [-0.39, 0.29) is 18.0 Å². The number of nitrogens with one attached hydrogen (secondary N) is 1. The van der Waals surface area contributed by atoms with Gasteiger partial charge in [0.15, 0.2) is 0 Å². The molecule has 0 fully saturated rings. The van der Waals surface area contributed by atoms with Crippen LogP contribution in [0.2, 0.25) is 0 Å². The van der Waals surface area contributed by atoms with Crippen molar-refractivity contribution in [1.29, 1.82) is 0 Å². The first-order valence-corrected chi connectivity index (χ1v) is 9.55. The Hall–Kier alpha value is -3.68. The highest BCUT2D eigenvalue weighted by molar-refractivity contribution is 5.92. The van der Waals surface area contributed by atoms with Crippen LogP contribution in [0.25, 0.3) is 5.69 Å². The van der Waals surface area contributed by atoms with E-state index < -0.39 is 4.92 Å². The highest BCUT2D eigenvalue weighted by Gasteiger charge is 2.17. The number of methoxy groups -OCH3 is 1. The predicted octanol–water partition coefficient (Wildman–Crippen LogP) is 4.29. The van der Waals surface area contributed by atoms with Gasteiger partial charge in [-0.15, -0.1) is 0 Å². The molecule has 0 spiro atoms. The minimum absolute atomic E-state index is 0.0148. The van der Waals surface area contributed by atoms with Crippen molar-refractivity contribution in [3.63, 3.8) is 0 Å². The maximum atomic E-state index is 12.5. The molecular formula is C22H24N4O4. The molecule has 30 heavy (non-hydrogen) atoms. The molecule has 0 radical (unpaired) electrons. The monoisotopic (exact) mass is 408 g/mol. The van der Waals surface area contributed by atoms with Crippen LogP contribution < -0.4 is 10.1 Å². The van der Waals surface area contributed by atoms with Gasteiger partial charge < -0.3 is 10.1 Å². The second kappa shape index (κ2) is 8.77. The zero-order chi connectivity index (χ0) is 21.8. The molecule has 3 rings (SSSR count). The first-order valence-electron chi connectivity index (χ1n) is 9.55. The summed E-state index contributed by atoms with van der Waals surface area (Å²) < 4.78 is 7.13. The van der Waals surface area contributed by atoms with Crippen LogP contribution in [0.15, 0.2) is 42.5 Å². The van der Waals surface area contributed by atoms with Gasteiger partial charge in [-0.05, 0) is 51.0 Å². The Bertz CT molecular complexity index is 1100. The molecule has 3 aromatic rings. The molecule has 0 atom stereocenters. The number of hydrogen-bond acceptors (Lipinski definition) is 5. The van der Waals surface area contributed by atoms with Crippen molar-refractivity contribution >= 4 is 17.3 Å². The third kappa shape index (κ3) is 4.32. The van der Waals surface area contributed by atoms with Gasteiger partial charge in [-0.1, -0.05) is 12.1 Å². The summed E-state index contributed by atoms with van der Waals surface area (Å²) in [5, 5.41) is 18.5. The topological polar surface area (TPSA) is 99.3 Å². The maximum absolute atomic E-state index is 12.5. The molecule has 8 heteroatoms. The van der Waals surface area contributed by atoms with E-state index in [9.17, 15) is 14.9 Å². The van der Waals surface area contributed by atoms with E-state index in [0.717, 1.165) is 28.4 Å². The fourth-order valence-corrected chi connectivity index (χ4v) is 3.44. The van der Waals surface area contributed by atoms with E-state index in [4.69, 9.17) is 4.74 Å². The summed E-state index contributed by atoms with van der Waals surface area (Å²) in [6.07, 6.45) is 0.759. The molecule has 1 heterocycles. The van der Waals surface area contributed by atoms with Crippen molar-refractivity contribution in [2.75, 3.05) is 12.4 Å². The number of ether oxygens (including phenoxy) is 1. The van der Waals surface area contributed by atoms with Crippen molar-refractivity contribution in [2.24, 2.45) is 0 Å². The molecule has 1 N–H and O–H groups in total. The molecule has 0 saturated heterocycles. The standard InChI is InChI=1S/C22H24N4O4/c1-14-20(9-6-10-21(14)26(28)29)23-22(27)12-11-19-15(2)24-25(16(19)3)17-7-5-8-18(13-17)30-4/h5-10,13H,11-12H2,1-4H3,(H,23,27). The number of carbonyl (C=O) groups excluding carboxylic acids is 1. The first kappa shape index (κ1) is 21.0. The van der Waals surface area contributed by atoms with Gasteiger partial charge in [0.1, 0.15) is 5.75 Å². The normalized spacial score (nSPS) is 10.7. The number of carbonyl (C=O) groups is 1. The van der Waals surface area contributed by atoms with E-state index in [2.05, 4.69) is 10.4 Å². The third-order valence-electron chi connectivity index (χ3n) is 5.12. The number of benzene rings is 2. The largest absolute Gasteiger partial charge is 0.497 e. The molecule has 1 amide bonds. The Balaban J connectivity index is 1.73. The fraction of sp³-hybridized carbons (Fsp3) is 0.273. The van der Waals surface area contributed by atoms with Gasteiger partial charge in [-0.2, -0.15) is 5.10 Å². The summed E-state index contributed by atoms with van der Waals surface area (Å²) in [4.78, 5) is 23.1. The molecule has 0 bridgehead atoms. The minimum Gasteiger partial charge on any atom is -0.497 e. The number of nitro benzene ring substituents is 1. The number of nitrogens with zero attached hydrogens (tertiary/aromatic N) is 3. The number of aromatic nitrogens is 2. The van der Waals surface area contributed by atoms with Crippen LogP contribution in [-0.2, 0) is 11.2 Å². The first-order chi connectivity index (χ1) is 14.3. The van der Waals surface area contributed by atoms with Crippen LogP contribution in [0.3, 0.4) is 0 Å². The molecule has 0 saturated carbocycles. The molecule has 0 aliphatic carbocycles. The van der Waals surface area contributed by atoms with Crippen LogP contribution in [-0.4, -0.2) is 27.7 Å². The molecular weight excluding hydrogens is 384 g/mol. The lowest BCUT2D eigenvalue weighted by molar-refractivity contribution is -0.385. The Labute approximate surface area is 174 Å². The average Bonchev–Trinajstić information content (AvgIpc) is 3.01. The van der Waals surface area contributed by atoms with Crippen molar-refractivity contribution in [2.45, 2.75) is 33.6 Å². The Morgan fingerprint density at radius 1 is 1.20 bits per heavy atom. The number of nitro groups is 1. The number of amides is 1. The number of aryl methyl sites for hydroxylation is 1. The van der Waals surface area contributed by atoms with E-state index in [1.54, 1.807) is 26.2 Å². The van der Waals surface area contributed by atoms with Crippen LogP contribution in [0.1, 0.15) is 28.9 Å². The lowest BCUT2D eigenvalue weighted by Gasteiger charge is -2.09. The average molecular weight is 408 g/mol. The van der Waals surface area contributed by atoms with Crippen molar-refractivity contribution in [3.8, 4) is 11.4 Å². The van der Waals surface area contributed by atoms with Gasteiger partial charge in [0.25, 0.3) is 5.69 Å². The minimum atomic E-state index is -0.454. The molecule has 0 aliphatic heterocycles. The molecule has 8 nitrogen and oxygen atoms in total. The highest BCUT2D eigenvalue weighted by Crippen LogP contribution is 2.26. The SMILES string of the molecule is COc1cccc(-n2nc(C)c(CCC(=O)Nc3cccc([N+](=O)[O-])c3C)c2C)c1. The Kier molecular flexibility index (Phi) is 6.15. The van der Waals surface area contributed by atoms with Crippen molar-refractivity contribution in [3.05, 3.63) is 75.1 Å². The van der Waals surface area contributed by atoms with Gasteiger partial charge in [0.05, 0.1) is 34.7 Å². The molecule has 2 aromatic carbocycles. The Morgan fingerprint density at radius 3 is 2.63 bits per heavy atom. The van der Waals surface area contributed by atoms with E-state index in [1.807, 2.05) is 42.8 Å². The predicted molar refractivity (Wildman–Crippen MR) is 114 cm³/mol. The maximum Gasteiger partial charge on any atom is 0.274 e. The molecule has 0 aliphatic rings. The quantitative estimate of drug-likeness (QED) is 0.464. The second-order valence-electron chi connectivity index (χ2n) is 7.02. The zero-order valence-electron chi connectivity index (χ0n) is 17.4. The van der Waals surface area contributed by atoms with E-state index >= 15 is 0 Å². The number of rotatable bonds is 7. The summed E-state index contributed by atoms with van der Waals surface area (Å²) >= 11 is 0. The van der Waals surface area contributed by atoms with Gasteiger partial charge in [0.2, 0.25) is 5.91 Å². The van der Waals surface area contributed by atoms with Crippen LogP contribution >= 0.6 is 0 Å². The summed E-state index contributed by atoms with van der Waals surface area (Å²) in [6, 6.07) is 12.3. The zero-order valence-corrected chi connectivity index (χ0v) is 17.4. The molecule has 1 aromatic heterocycles. The van der Waals surface area contributed by atoms with Gasteiger partial charge in [0, 0.05) is 24.2 Å². The van der Waals surface area contributed by atoms with Crippen LogP contribution in [0.5, 0.6) is 5.75 Å². The molecule has 0 unspecified atom stereocenters. The van der Waals surface area contributed by atoms with Gasteiger partial charge in [-0.3, -0.25) is 14.9 Å². The van der Waals surface area contributed by atoms with Crippen molar-refractivity contribution in [1.82, 2.24) is 9.78 Å². The molecule has 156 valence electrons. The second-order valence-corrected chi connectivity index (χ2v) is 7.02. The van der Waals surface area contributed by atoms with Crippen molar-refractivity contribution < 1.29 is 14.5 Å². The number of hydrogen-bond donors (Lipinski definition) is 1. The van der Waals surface area contributed by atoms with Crippen LogP contribution in [0.4, 0.5) is 11.4 Å². The summed E-state index contributed by atoms with van der Waals surface area (Å²) in [7, 11) is 1.62. The van der Waals surface area contributed by atoms with Gasteiger partial charge >= 0.3 is 0 Å². The van der Waals surface area contributed by atoms with E-state index in [0.29, 0.717) is 17.7 Å². The lowest BCUT2D eigenvalue weighted by atomic mass is 10.1. The summed E-state index contributed by atoms with van der Waals surface area (Å²) in [6.45, 7) is 5.51. The van der Waals surface area contributed by atoms with Gasteiger partial charge in [-0.25, -0.2) is 4.68 Å². The summed E-state index contributed by atoms with van der Waals surface area (Å²) in [5.41, 5.74) is 4.58. The number of anilines is 1. The van der Waals surface area contributed by atoms with Crippen LogP contribution in [0, 0.1) is 30.9 Å². The fourth-order valence-electron chi connectivity index (χ4n) is 3.44. The highest BCUT2D eigenvalue weighted by atomic mass is 16.6. The Morgan fingerprint density at radius 2 is 1.93 bits per heavy atom.